The average Bonchev–Trinajstić information content (AvgIpc) is 3.04. The van der Waals surface area contributed by atoms with Crippen LogP contribution in [0.4, 0.5) is 0 Å². The normalized spacial score (nSPS) is 14.4. The lowest BCUT2D eigenvalue weighted by Gasteiger charge is -2.25. The minimum Gasteiger partial charge on any atom is -0.350 e. The van der Waals surface area contributed by atoms with Crippen molar-refractivity contribution in [3.05, 3.63) is 18.2 Å². The number of aromatic nitrogens is 2. The van der Waals surface area contributed by atoms with Crippen molar-refractivity contribution in [2.24, 2.45) is 0 Å². The van der Waals surface area contributed by atoms with Crippen molar-refractivity contribution in [2.45, 2.75) is 71.6 Å². The summed E-state index contributed by atoms with van der Waals surface area (Å²) in [4.78, 5) is 55.1. The van der Waals surface area contributed by atoms with Crippen LogP contribution in [0, 0.1) is 0 Å². The molecule has 0 saturated heterocycles. The first-order valence-electron chi connectivity index (χ1n) is 9.06. The quantitative estimate of drug-likeness (QED) is 0.399. The van der Waals surface area contributed by atoms with Crippen LogP contribution >= 0.6 is 0 Å². The predicted octanol–water partition coefficient (Wildman–Crippen LogP) is -0.619. The van der Waals surface area contributed by atoms with Crippen LogP contribution in [0.2, 0.25) is 0 Å². The molecule has 10 heteroatoms. The molecule has 0 bridgehead atoms. The summed E-state index contributed by atoms with van der Waals surface area (Å²) in [5.41, 5.74) is 0.201. The highest BCUT2D eigenvalue weighted by Crippen LogP contribution is 2.02. The standard InChI is InChI=1S/C18H30N6O4/c1-10(21-12(3)25)15(26)23-14(7-13-8-19-9-20-13)17(28)22-11(2)16(27)24-18(4,5)6/h8-11,14H,7H2,1-6H3,(H,19,20)(H,21,25)(H,22,28)(H,23,26)(H,24,27)/t10-,11-,14-/m0/s1. The van der Waals surface area contributed by atoms with Crippen LogP contribution in [0.15, 0.2) is 12.5 Å². The molecule has 0 radical (unpaired) electrons. The number of imidazole rings is 1. The fourth-order valence-electron chi connectivity index (χ4n) is 2.35. The van der Waals surface area contributed by atoms with E-state index in [1.807, 2.05) is 20.8 Å². The van der Waals surface area contributed by atoms with Gasteiger partial charge >= 0.3 is 0 Å². The van der Waals surface area contributed by atoms with E-state index in [0.717, 1.165) is 0 Å². The van der Waals surface area contributed by atoms with Crippen LogP contribution in [-0.2, 0) is 25.6 Å². The van der Waals surface area contributed by atoms with Crippen molar-refractivity contribution in [1.29, 1.82) is 0 Å². The first-order valence-corrected chi connectivity index (χ1v) is 9.06. The Kier molecular flexibility index (Phi) is 8.15. The van der Waals surface area contributed by atoms with Crippen molar-refractivity contribution in [3.63, 3.8) is 0 Å². The van der Waals surface area contributed by atoms with Crippen molar-refractivity contribution in [3.8, 4) is 0 Å². The number of carbonyl (C=O) groups is 4. The molecule has 28 heavy (non-hydrogen) atoms. The van der Waals surface area contributed by atoms with Crippen LogP contribution in [0.1, 0.15) is 47.2 Å². The summed E-state index contributed by atoms with van der Waals surface area (Å²) in [6, 6.07) is -2.55. The van der Waals surface area contributed by atoms with Gasteiger partial charge in [-0.25, -0.2) is 4.98 Å². The van der Waals surface area contributed by atoms with E-state index in [0.29, 0.717) is 5.69 Å². The van der Waals surface area contributed by atoms with Gasteiger partial charge in [-0.15, -0.1) is 0 Å². The molecule has 0 aliphatic rings. The SMILES string of the molecule is CC(=O)N[C@@H](C)C(=O)N[C@@H](Cc1cnc[nH]1)C(=O)N[C@@H](C)C(=O)NC(C)(C)C. The monoisotopic (exact) mass is 394 g/mol. The maximum absolute atomic E-state index is 12.7. The Morgan fingerprint density at radius 3 is 2.11 bits per heavy atom. The molecule has 1 aromatic heterocycles. The zero-order chi connectivity index (χ0) is 21.5. The second-order valence-electron chi connectivity index (χ2n) is 7.73. The van der Waals surface area contributed by atoms with Gasteiger partial charge in [0.15, 0.2) is 0 Å². The highest BCUT2D eigenvalue weighted by molar-refractivity contribution is 5.94. The lowest BCUT2D eigenvalue weighted by Crippen LogP contribution is -2.57. The molecule has 4 amide bonds. The van der Waals surface area contributed by atoms with Gasteiger partial charge in [-0.2, -0.15) is 0 Å². The van der Waals surface area contributed by atoms with E-state index >= 15 is 0 Å². The Hall–Kier alpha value is -2.91. The van der Waals surface area contributed by atoms with Gasteiger partial charge in [-0.1, -0.05) is 0 Å². The topological polar surface area (TPSA) is 145 Å². The zero-order valence-electron chi connectivity index (χ0n) is 17.2. The molecule has 0 aromatic carbocycles. The smallest absolute Gasteiger partial charge is 0.243 e. The summed E-state index contributed by atoms with van der Waals surface area (Å²) < 4.78 is 0. The third-order valence-electron chi connectivity index (χ3n) is 3.68. The van der Waals surface area contributed by atoms with Crippen LogP contribution in [0.3, 0.4) is 0 Å². The Morgan fingerprint density at radius 2 is 1.61 bits per heavy atom. The second kappa shape index (κ2) is 9.86. The van der Waals surface area contributed by atoms with E-state index in [4.69, 9.17) is 0 Å². The summed E-state index contributed by atoms with van der Waals surface area (Å²) in [5, 5.41) is 10.5. The number of hydrogen-bond donors (Lipinski definition) is 5. The molecule has 0 saturated carbocycles. The van der Waals surface area contributed by atoms with Crippen molar-refractivity contribution in [2.75, 3.05) is 0 Å². The summed E-state index contributed by atoms with van der Waals surface area (Å²) in [6.45, 7) is 9.89. The van der Waals surface area contributed by atoms with Crippen molar-refractivity contribution in [1.82, 2.24) is 31.2 Å². The number of nitrogens with one attached hydrogen (secondary N) is 5. The van der Waals surface area contributed by atoms with Crippen molar-refractivity contribution < 1.29 is 19.2 Å². The molecule has 3 atom stereocenters. The fourth-order valence-corrected chi connectivity index (χ4v) is 2.35. The molecule has 1 heterocycles. The van der Waals surface area contributed by atoms with Crippen LogP contribution in [0.25, 0.3) is 0 Å². The van der Waals surface area contributed by atoms with Gasteiger partial charge in [0.25, 0.3) is 0 Å². The van der Waals surface area contributed by atoms with E-state index in [2.05, 4.69) is 31.2 Å². The number of aromatic amines is 1. The summed E-state index contributed by atoms with van der Waals surface area (Å²) in [6.07, 6.45) is 3.16. The summed E-state index contributed by atoms with van der Waals surface area (Å²) in [5.74, 6) is -1.72. The van der Waals surface area contributed by atoms with Crippen LogP contribution in [0.5, 0.6) is 0 Å². The van der Waals surface area contributed by atoms with Crippen molar-refractivity contribution >= 4 is 23.6 Å². The third-order valence-corrected chi connectivity index (χ3v) is 3.68. The maximum atomic E-state index is 12.7. The molecular formula is C18H30N6O4. The number of carbonyl (C=O) groups excluding carboxylic acids is 4. The van der Waals surface area contributed by atoms with Crippen LogP contribution < -0.4 is 21.3 Å². The Labute approximate surface area is 164 Å². The van der Waals surface area contributed by atoms with Crippen LogP contribution in [-0.4, -0.2) is 57.3 Å². The highest BCUT2D eigenvalue weighted by Gasteiger charge is 2.28. The average molecular weight is 394 g/mol. The lowest BCUT2D eigenvalue weighted by molar-refractivity contribution is -0.133. The van der Waals surface area contributed by atoms with Gasteiger partial charge in [-0.3, -0.25) is 19.2 Å². The van der Waals surface area contributed by atoms with Gasteiger partial charge in [-0.05, 0) is 34.6 Å². The Morgan fingerprint density at radius 1 is 1.00 bits per heavy atom. The zero-order valence-corrected chi connectivity index (χ0v) is 17.2. The molecule has 0 aliphatic heterocycles. The molecule has 10 nitrogen and oxygen atoms in total. The first kappa shape index (κ1) is 23.1. The number of hydrogen-bond acceptors (Lipinski definition) is 5. The fraction of sp³-hybridized carbons (Fsp3) is 0.611. The van der Waals surface area contributed by atoms with Gasteiger partial charge in [0, 0.05) is 30.8 Å². The Balaban J connectivity index is 2.83. The molecule has 0 unspecified atom stereocenters. The van der Waals surface area contributed by atoms with E-state index < -0.39 is 35.5 Å². The molecule has 0 spiro atoms. The Bertz CT molecular complexity index is 695. The molecular weight excluding hydrogens is 364 g/mol. The lowest BCUT2D eigenvalue weighted by atomic mass is 10.1. The molecule has 156 valence electrons. The van der Waals surface area contributed by atoms with E-state index in [1.54, 1.807) is 13.1 Å². The minimum atomic E-state index is -0.950. The molecule has 0 fully saturated rings. The van der Waals surface area contributed by atoms with Gasteiger partial charge in [0.2, 0.25) is 23.6 Å². The van der Waals surface area contributed by atoms with E-state index in [9.17, 15) is 19.2 Å². The summed E-state index contributed by atoms with van der Waals surface area (Å²) in [7, 11) is 0. The number of rotatable bonds is 8. The first-order chi connectivity index (χ1) is 12.9. The molecule has 1 aromatic rings. The molecule has 1 rings (SSSR count). The number of amides is 4. The van der Waals surface area contributed by atoms with Gasteiger partial charge in [0.05, 0.1) is 6.33 Å². The maximum Gasteiger partial charge on any atom is 0.243 e. The second-order valence-corrected chi connectivity index (χ2v) is 7.73. The summed E-state index contributed by atoms with van der Waals surface area (Å²) >= 11 is 0. The molecule has 0 aliphatic carbocycles. The molecule has 5 N–H and O–H groups in total. The number of nitrogens with zero attached hydrogens (tertiary/aromatic N) is 1. The minimum absolute atomic E-state index is 0.151. The largest absolute Gasteiger partial charge is 0.350 e. The number of H-pyrrole nitrogens is 1. The van der Waals surface area contributed by atoms with Gasteiger partial charge in [0.1, 0.15) is 18.1 Å². The van der Waals surface area contributed by atoms with Gasteiger partial charge < -0.3 is 26.3 Å². The predicted molar refractivity (Wildman–Crippen MR) is 103 cm³/mol. The highest BCUT2D eigenvalue weighted by atomic mass is 16.2. The third kappa shape index (κ3) is 8.19. The van der Waals surface area contributed by atoms with E-state index in [-0.39, 0.29) is 18.2 Å². The van der Waals surface area contributed by atoms with E-state index in [1.165, 1.54) is 20.2 Å².